The molecule has 0 spiro atoms. The van der Waals surface area contributed by atoms with Crippen LogP contribution in [-0.4, -0.2) is 32.9 Å². The van der Waals surface area contributed by atoms with Gasteiger partial charge >= 0.3 is 0 Å². The Balaban J connectivity index is 1.61. The second-order valence-electron chi connectivity index (χ2n) is 5.84. The number of hydrogen-bond acceptors (Lipinski definition) is 4. The normalized spacial score (nSPS) is 20.3. The molecule has 0 aliphatic carbocycles. The molecule has 6 heteroatoms. The molecular formula is C17H19N5O. The Bertz CT molecular complexity index is 718. The predicted molar refractivity (Wildman–Crippen MR) is 86.3 cm³/mol. The fraction of sp³-hybridized carbons (Fsp3) is 0.353. The number of carbonyl (C=O) groups is 1. The molecular weight excluding hydrogens is 290 g/mol. The average Bonchev–Trinajstić information content (AvgIpc) is 3.14. The molecule has 1 saturated heterocycles. The van der Waals surface area contributed by atoms with E-state index < -0.39 is 0 Å². The minimum atomic E-state index is -0.172. The van der Waals surface area contributed by atoms with Crippen molar-refractivity contribution in [2.75, 3.05) is 11.9 Å². The molecule has 0 bridgehead atoms. The van der Waals surface area contributed by atoms with Crippen molar-refractivity contribution >= 4 is 11.7 Å². The number of hydrogen-bond donors (Lipinski definition) is 1. The van der Waals surface area contributed by atoms with Gasteiger partial charge in [0.25, 0.3) is 0 Å². The molecule has 23 heavy (non-hydrogen) atoms. The van der Waals surface area contributed by atoms with Gasteiger partial charge < -0.3 is 14.8 Å². The van der Waals surface area contributed by atoms with Crippen molar-refractivity contribution in [3.8, 4) is 6.19 Å². The van der Waals surface area contributed by atoms with E-state index in [-0.39, 0.29) is 17.9 Å². The van der Waals surface area contributed by atoms with E-state index in [1.54, 1.807) is 11.2 Å². The summed E-state index contributed by atoms with van der Waals surface area (Å²) >= 11 is 0. The van der Waals surface area contributed by atoms with Gasteiger partial charge in [0.05, 0.1) is 12.2 Å². The van der Waals surface area contributed by atoms with E-state index in [4.69, 9.17) is 5.26 Å². The smallest absolute Gasteiger partial charge is 0.230 e. The average molecular weight is 309 g/mol. The van der Waals surface area contributed by atoms with E-state index in [1.165, 1.54) is 5.56 Å². The SMILES string of the molecule is C[C@H]1[C@@H](C(=O)Nc2cn(Cc3ccccc3)cn2)CCN1C#N. The number of carbonyl (C=O) groups excluding carboxylic acids is 1. The van der Waals surface area contributed by atoms with Crippen molar-refractivity contribution in [3.63, 3.8) is 0 Å². The van der Waals surface area contributed by atoms with Crippen molar-refractivity contribution in [2.24, 2.45) is 5.92 Å². The molecule has 6 nitrogen and oxygen atoms in total. The first-order valence-corrected chi connectivity index (χ1v) is 7.70. The highest BCUT2D eigenvalue weighted by Crippen LogP contribution is 2.24. The van der Waals surface area contributed by atoms with E-state index in [2.05, 4.69) is 28.6 Å². The molecule has 118 valence electrons. The van der Waals surface area contributed by atoms with Gasteiger partial charge in [0.15, 0.2) is 12.0 Å². The zero-order chi connectivity index (χ0) is 16.2. The maximum Gasteiger partial charge on any atom is 0.230 e. The summed E-state index contributed by atoms with van der Waals surface area (Å²) in [6.07, 6.45) is 6.36. The monoisotopic (exact) mass is 309 g/mol. The van der Waals surface area contributed by atoms with Crippen LogP contribution in [0.4, 0.5) is 5.82 Å². The van der Waals surface area contributed by atoms with Crippen molar-refractivity contribution in [1.82, 2.24) is 14.5 Å². The summed E-state index contributed by atoms with van der Waals surface area (Å²) in [5.41, 5.74) is 1.18. The van der Waals surface area contributed by atoms with Gasteiger partial charge in [-0.2, -0.15) is 5.26 Å². The minimum absolute atomic E-state index is 0.0635. The van der Waals surface area contributed by atoms with Gasteiger partial charge in [-0.15, -0.1) is 0 Å². The molecule has 1 N–H and O–H groups in total. The topological polar surface area (TPSA) is 74.0 Å². The maximum atomic E-state index is 12.4. The largest absolute Gasteiger partial charge is 0.331 e. The van der Waals surface area contributed by atoms with E-state index in [9.17, 15) is 4.79 Å². The van der Waals surface area contributed by atoms with Gasteiger partial charge in [-0.25, -0.2) is 4.98 Å². The maximum absolute atomic E-state index is 12.4. The molecule has 2 heterocycles. The first-order valence-electron chi connectivity index (χ1n) is 7.70. The van der Waals surface area contributed by atoms with Gasteiger partial charge in [0, 0.05) is 25.3 Å². The highest BCUT2D eigenvalue weighted by atomic mass is 16.2. The molecule has 1 amide bonds. The van der Waals surface area contributed by atoms with Gasteiger partial charge in [0.1, 0.15) is 0 Å². The van der Waals surface area contributed by atoms with Gasteiger partial charge in [-0.3, -0.25) is 4.79 Å². The van der Waals surface area contributed by atoms with Gasteiger partial charge in [0.2, 0.25) is 5.91 Å². The molecule has 1 aliphatic rings. The number of nitrogens with one attached hydrogen (secondary N) is 1. The number of nitrogens with zero attached hydrogens (tertiary/aromatic N) is 4. The Morgan fingerprint density at radius 1 is 1.43 bits per heavy atom. The number of aromatic nitrogens is 2. The quantitative estimate of drug-likeness (QED) is 0.877. The summed E-state index contributed by atoms with van der Waals surface area (Å²) in [5, 5.41) is 11.9. The van der Waals surface area contributed by atoms with Crippen molar-refractivity contribution in [2.45, 2.75) is 25.9 Å². The lowest BCUT2D eigenvalue weighted by Gasteiger charge is -2.18. The summed E-state index contributed by atoms with van der Waals surface area (Å²) in [6, 6.07) is 10.0. The number of likely N-dealkylation sites (tertiary alicyclic amines) is 1. The van der Waals surface area contributed by atoms with Crippen LogP contribution in [0.25, 0.3) is 0 Å². The summed E-state index contributed by atoms with van der Waals surface area (Å²) in [6.45, 7) is 3.26. The van der Waals surface area contributed by atoms with Gasteiger partial charge in [-0.1, -0.05) is 30.3 Å². The van der Waals surface area contributed by atoms with E-state index in [0.717, 1.165) is 0 Å². The third-order valence-electron chi connectivity index (χ3n) is 4.31. The fourth-order valence-corrected chi connectivity index (χ4v) is 2.96. The molecule has 0 saturated carbocycles. The van der Waals surface area contributed by atoms with Gasteiger partial charge in [-0.05, 0) is 18.9 Å². The third kappa shape index (κ3) is 3.34. The van der Waals surface area contributed by atoms with Crippen LogP contribution in [0.15, 0.2) is 42.9 Å². The number of rotatable bonds is 4. The predicted octanol–water partition coefficient (Wildman–Crippen LogP) is 2.06. The first kappa shape index (κ1) is 15.1. The zero-order valence-corrected chi connectivity index (χ0v) is 13.0. The Morgan fingerprint density at radius 3 is 2.91 bits per heavy atom. The van der Waals surface area contributed by atoms with Crippen molar-refractivity contribution in [1.29, 1.82) is 5.26 Å². The second-order valence-corrected chi connectivity index (χ2v) is 5.84. The van der Waals surface area contributed by atoms with Crippen LogP contribution in [0.2, 0.25) is 0 Å². The molecule has 1 aromatic carbocycles. The number of anilines is 1. The van der Waals surface area contributed by atoms with E-state index in [1.807, 2.05) is 35.9 Å². The lowest BCUT2D eigenvalue weighted by molar-refractivity contribution is -0.120. The molecule has 3 rings (SSSR count). The number of amides is 1. The summed E-state index contributed by atoms with van der Waals surface area (Å²) < 4.78 is 1.94. The number of imidazole rings is 1. The molecule has 2 atom stereocenters. The highest BCUT2D eigenvalue weighted by molar-refractivity contribution is 5.92. The van der Waals surface area contributed by atoms with Crippen LogP contribution in [0.5, 0.6) is 0 Å². The summed E-state index contributed by atoms with van der Waals surface area (Å²) in [5.74, 6) is 0.308. The lowest BCUT2D eigenvalue weighted by atomic mass is 10.0. The van der Waals surface area contributed by atoms with Crippen LogP contribution < -0.4 is 5.32 Å². The molecule has 1 aliphatic heterocycles. The molecule has 0 unspecified atom stereocenters. The van der Waals surface area contributed by atoms with Crippen LogP contribution in [0.3, 0.4) is 0 Å². The van der Waals surface area contributed by atoms with Crippen LogP contribution in [0.1, 0.15) is 18.9 Å². The summed E-state index contributed by atoms with van der Waals surface area (Å²) in [7, 11) is 0. The Labute approximate surface area is 135 Å². The van der Waals surface area contributed by atoms with E-state index in [0.29, 0.717) is 25.3 Å². The first-order chi connectivity index (χ1) is 11.2. The van der Waals surface area contributed by atoms with Crippen molar-refractivity contribution in [3.05, 3.63) is 48.4 Å². The fourth-order valence-electron chi connectivity index (χ4n) is 2.96. The Morgan fingerprint density at radius 2 is 2.22 bits per heavy atom. The third-order valence-corrected chi connectivity index (χ3v) is 4.31. The number of benzene rings is 1. The highest BCUT2D eigenvalue weighted by Gasteiger charge is 2.35. The second kappa shape index (κ2) is 6.53. The Hall–Kier alpha value is -2.81. The molecule has 0 radical (unpaired) electrons. The van der Waals surface area contributed by atoms with Crippen LogP contribution in [0, 0.1) is 17.4 Å². The zero-order valence-electron chi connectivity index (χ0n) is 13.0. The molecule has 2 aromatic rings. The number of nitriles is 1. The molecule has 1 fully saturated rings. The van der Waals surface area contributed by atoms with Crippen molar-refractivity contribution < 1.29 is 4.79 Å². The van der Waals surface area contributed by atoms with Crippen LogP contribution in [-0.2, 0) is 11.3 Å². The summed E-state index contributed by atoms with van der Waals surface area (Å²) in [4.78, 5) is 18.2. The lowest BCUT2D eigenvalue weighted by Crippen LogP contribution is -2.33. The Kier molecular flexibility index (Phi) is 4.29. The molecule has 1 aromatic heterocycles. The van der Waals surface area contributed by atoms with Crippen LogP contribution >= 0.6 is 0 Å². The van der Waals surface area contributed by atoms with E-state index >= 15 is 0 Å². The standard InChI is InChI=1S/C17H19N5O/c1-13-15(7-8-22(13)11-18)17(23)20-16-10-21(12-19-16)9-14-5-3-2-4-6-14/h2-6,10,12-13,15H,7-9H2,1H3,(H,20,23)/t13-,15-/m0/s1. The minimum Gasteiger partial charge on any atom is -0.331 e.